The molecule has 0 unspecified atom stereocenters. The van der Waals surface area contributed by atoms with E-state index in [1.807, 2.05) is 25.2 Å². The average molecular weight is 126 g/mol. The topological polar surface area (TPSA) is 9.23 Å². The minimum atomic E-state index is 0.688. The van der Waals surface area contributed by atoms with Gasteiger partial charge in [-0.1, -0.05) is 25.2 Å². The molecular weight excluding hydrogens is 112 g/mol. The van der Waals surface area contributed by atoms with E-state index in [9.17, 15) is 0 Å². The third-order valence-corrected chi connectivity index (χ3v) is 0.856. The molecule has 0 aromatic heterocycles. The van der Waals surface area contributed by atoms with Gasteiger partial charge in [-0.05, 0) is 13.3 Å². The van der Waals surface area contributed by atoms with E-state index in [1.54, 1.807) is 6.26 Å². The predicted octanol–water partition coefficient (Wildman–Crippen LogP) is 2.50. The number of rotatable bonds is 4. The Bertz CT molecular complexity index is 92.7. The van der Waals surface area contributed by atoms with Crippen LogP contribution in [-0.4, -0.2) is 6.61 Å². The van der Waals surface area contributed by atoms with Crippen LogP contribution in [-0.2, 0) is 4.74 Å². The first-order valence-corrected chi connectivity index (χ1v) is 3.29. The Morgan fingerprint density at radius 2 is 2.11 bits per heavy atom. The van der Waals surface area contributed by atoms with Crippen LogP contribution in [0.5, 0.6) is 0 Å². The third-order valence-electron chi connectivity index (χ3n) is 0.856. The van der Waals surface area contributed by atoms with Crippen LogP contribution in [0.2, 0.25) is 0 Å². The highest BCUT2D eigenvalue weighted by Gasteiger charge is 1.69. The summed E-state index contributed by atoms with van der Waals surface area (Å²) in [7, 11) is 0. The fraction of sp³-hybridized carbons (Fsp3) is 0.500. The summed E-state index contributed by atoms with van der Waals surface area (Å²) in [5.41, 5.74) is 0. The number of hydrogen-bond acceptors (Lipinski definition) is 1. The maximum Gasteiger partial charge on any atom is 0.105 e. The molecule has 0 spiro atoms. The Morgan fingerprint density at radius 1 is 1.33 bits per heavy atom. The van der Waals surface area contributed by atoms with E-state index in [2.05, 4.69) is 6.92 Å². The van der Waals surface area contributed by atoms with E-state index < -0.39 is 0 Å². The summed E-state index contributed by atoms with van der Waals surface area (Å²) in [6.07, 6.45) is 8.71. The van der Waals surface area contributed by atoms with Gasteiger partial charge >= 0.3 is 0 Å². The van der Waals surface area contributed by atoms with Crippen LogP contribution in [0, 0.1) is 0 Å². The van der Waals surface area contributed by atoms with E-state index in [-0.39, 0.29) is 0 Å². The fourth-order valence-corrected chi connectivity index (χ4v) is 0.372. The zero-order valence-corrected chi connectivity index (χ0v) is 6.13. The standard InChI is InChI=1S/C8H14O/c1-3-5-7-9-8-6-4-2/h3,5-6,8H,4,7H2,1-2H3/b5-3+,8-6?. The number of allylic oxidation sites excluding steroid dienone is 2. The Labute approximate surface area is 57.0 Å². The lowest BCUT2D eigenvalue weighted by atomic mass is 10.5. The molecule has 0 aromatic rings. The lowest BCUT2D eigenvalue weighted by Gasteiger charge is -1.90. The first-order chi connectivity index (χ1) is 4.41. The normalized spacial score (nSPS) is 11.3. The zero-order valence-electron chi connectivity index (χ0n) is 6.13. The molecule has 0 rings (SSSR count). The van der Waals surface area contributed by atoms with Crippen molar-refractivity contribution < 1.29 is 4.74 Å². The van der Waals surface area contributed by atoms with Crippen molar-refractivity contribution in [3.8, 4) is 0 Å². The van der Waals surface area contributed by atoms with Gasteiger partial charge in [0.2, 0.25) is 0 Å². The summed E-state index contributed by atoms with van der Waals surface area (Å²) in [5, 5.41) is 0. The lowest BCUT2D eigenvalue weighted by Crippen LogP contribution is -1.78. The Kier molecular flexibility index (Phi) is 6.70. The molecule has 0 aromatic carbocycles. The first-order valence-electron chi connectivity index (χ1n) is 3.29. The summed E-state index contributed by atoms with van der Waals surface area (Å²) < 4.78 is 5.05. The highest BCUT2D eigenvalue weighted by molar-refractivity contribution is 4.78. The van der Waals surface area contributed by atoms with Gasteiger partial charge in [-0.15, -0.1) is 0 Å². The van der Waals surface area contributed by atoms with E-state index >= 15 is 0 Å². The molecular formula is C8H14O. The number of ether oxygens (including phenoxy) is 1. The van der Waals surface area contributed by atoms with Crippen LogP contribution >= 0.6 is 0 Å². The van der Waals surface area contributed by atoms with Gasteiger partial charge in [0.15, 0.2) is 0 Å². The lowest BCUT2D eigenvalue weighted by molar-refractivity contribution is 0.288. The van der Waals surface area contributed by atoms with Gasteiger partial charge in [-0.2, -0.15) is 0 Å². The average Bonchev–Trinajstić information content (AvgIpc) is 1.89. The van der Waals surface area contributed by atoms with Gasteiger partial charge in [-0.3, -0.25) is 0 Å². The van der Waals surface area contributed by atoms with Crippen molar-refractivity contribution in [2.75, 3.05) is 6.61 Å². The molecule has 0 atom stereocenters. The van der Waals surface area contributed by atoms with Crippen LogP contribution in [0.1, 0.15) is 20.3 Å². The van der Waals surface area contributed by atoms with Gasteiger partial charge in [0.25, 0.3) is 0 Å². The van der Waals surface area contributed by atoms with Gasteiger partial charge in [0.05, 0.1) is 6.26 Å². The molecule has 1 nitrogen and oxygen atoms in total. The second kappa shape index (κ2) is 7.28. The van der Waals surface area contributed by atoms with E-state index in [4.69, 9.17) is 4.74 Å². The molecule has 0 N–H and O–H groups in total. The third kappa shape index (κ3) is 7.28. The monoisotopic (exact) mass is 126 g/mol. The first kappa shape index (κ1) is 8.28. The van der Waals surface area contributed by atoms with Crippen molar-refractivity contribution in [1.82, 2.24) is 0 Å². The predicted molar refractivity (Wildman–Crippen MR) is 40.2 cm³/mol. The molecule has 0 heterocycles. The second-order valence-corrected chi connectivity index (χ2v) is 1.68. The Balaban J connectivity index is 2.99. The molecule has 9 heavy (non-hydrogen) atoms. The molecule has 0 radical (unpaired) electrons. The van der Waals surface area contributed by atoms with Gasteiger partial charge in [0, 0.05) is 0 Å². The SMILES string of the molecule is C/C=C/COC=CCC. The van der Waals surface area contributed by atoms with Crippen LogP contribution in [0.25, 0.3) is 0 Å². The highest BCUT2D eigenvalue weighted by Crippen LogP contribution is 1.82. The van der Waals surface area contributed by atoms with Crippen LogP contribution < -0.4 is 0 Å². The van der Waals surface area contributed by atoms with Crippen molar-refractivity contribution in [2.45, 2.75) is 20.3 Å². The maximum absolute atomic E-state index is 5.05. The van der Waals surface area contributed by atoms with Crippen LogP contribution in [0.15, 0.2) is 24.5 Å². The van der Waals surface area contributed by atoms with Crippen molar-refractivity contribution in [2.24, 2.45) is 0 Å². The Hall–Kier alpha value is -0.720. The summed E-state index contributed by atoms with van der Waals surface area (Å²) in [6.45, 7) is 4.75. The molecule has 0 bridgehead atoms. The molecule has 0 aliphatic heterocycles. The van der Waals surface area contributed by atoms with Crippen molar-refractivity contribution >= 4 is 0 Å². The van der Waals surface area contributed by atoms with Crippen molar-refractivity contribution in [3.63, 3.8) is 0 Å². The summed E-state index contributed by atoms with van der Waals surface area (Å²) in [4.78, 5) is 0. The quantitative estimate of drug-likeness (QED) is 0.319. The van der Waals surface area contributed by atoms with E-state index in [0.29, 0.717) is 6.61 Å². The molecule has 1 heteroatoms. The van der Waals surface area contributed by atoms with Gasteiger partial charge < -0.3 is 4.74 Å². The fourth-order valence-electron chi connectivity index (χ4n) is 0.372. The van der Waals surface area contributed by atoms with E-state index in [0.717, 1.165) is 6.42 Å². The van der Waals surface area contributed by atoms with Crippen molar-refractivity contribution in [3.05, 3.63) is 24.5 Å². The highest BCUT2D eigenvalue weighted by atomic mass is 16.5. The summed E-state index contributed by atoms with van der Waals surface area (Å²) in [6, 6.07) is 0. The van der Waals surface area contributed by atoms with Crippen LogP contribution in [0.4, 0.5) is 0 Å². The molecule has 0 amide bonds. The molecule has 0 aliphatic carbocycles. The smallest absolute Gasteiger partial charge is 0.105 e. The van der Waals surface area contributed by atoms with Gasteiger partial charge in [-0.25, -0.2) is 0 Å². The largest absolute Gasteiger partial charge is 0.497 e. The van der Waals surface area contributed by atoms with E-state index in [1.165, 1.54) is 0 Å². The molecule has 0 fully saturated rings. The Morgan fingerprint density at radius 3 is 2.67 bits per heavy atom. The molecule has 52 valence electrons. The maximum atomic E-state index is 5.05. The van der Waals surface area contributed by atoms with Crippen LogP contribution in [0.3, 0.4) is 0 Å². The second-order valence-electron chi connectivity index (χ2n) is 1.68. The molecule has 0 saturated carbocycles. The number of hydrogen-bond donors (Lipinski definition) is 0. The summed E-state index contributed by atoms with van der Waals surface area (Å²) >= 11 is 0. The van der Waals surface area contributed by atoms with Crippen molar-refractivity contribution in [1.29, 1.82) is 0 Å². The minimum Gasteiger partial charge on any atom is -0.497 e. The summed E-state index contributed by atoms with van der Waals surface area (Å²) in [5.74, 6) is 0. The molecule has 0 saturated heterocycles. The molecule has 0 aliphatic rings. The van der Waals surface area contributed by atoms with Gasteiger partial charge in [0.1, 0.15) is 6.61 Å². The zero-order chi connectivity index (χ0) is 6.95. The minimum absolute atomic E-state index is 0.688.